The van der Waals surface area contributed by atoms with Crippen molar-refractivity contribution in [3.05, 3.63) is 41.5 Å². The summed E-state index contributed by atoms with van der Waals surface area (Å²) in [5.41, 5.74) is 1.30. The van der Waals surface area contributed by atoms with E-state index in [-0.39, 0.29) is 5.82 Å². The van der Waals surface area contributed by atoms with Crippen LogP contribution in [0.2, 0.25) is 0 Å². The SMILES string of the molecule is CCCc1nc(NC)cc(Nc2ccc(C)c(F)c2)n1. The highest BCUT2D eigenvalue weighted by molar-refractivity contribution is 5.59. The first kappa shape index (κ1) is 14.2. The number of benzene rings is 1. The van der Waals surface area contributed by atoms with Gasteiger partial charge in [0, 0.05) is 25.2 Å². The van der Waals surface area contributed by atoms with Crippen LogP contribution in [-0.2, 0) is 6.42 Å². The fraction of sp³-hybridized carbons (Fsp3) is 0.333. The van der Waals surface area contributed by atoms with Gasteiger partial charge in [-0.25, -0.2) is 14.4 Å². The van der Waals surface area contributed by atoms with Gasteiger partial charge in [0.25, 0.3) is 0 Å². The number of nitrogens with one attached hydrogen (secondary N) is 2. The third kappa shape index (κ3) is 3.44. The molecule has 0 radical (unpaired) electrons. The number of nitrogens with zero attached hydrogens (tertiary/aromatic N) is 2. The fourth-order valence-electron chi connectivity index (χ4n) is 1.84. The van der Waals surface area contributed by atoms with Gasteiger partial charge in [0.2, 0.25) is 0 Å². The Bertz CT molecular complexity index is 598. The van der Waals surface area contributed by atoms with E-state index in [9.17, 15) is 4.39 Å². The number of anilines is 3. The minimum atomic E-state index is -0.230. The molecule has 1 aromatic carbocycles. The summed E-state index contributed by atoms with van der Waals surface area (Å²) in [5.74, 6) is 1.95. The van der Waals surface area contributed by atoms with Crippen LogP contribution in [0.5, 0.6) is 0 Å². The Morgan fingerprint density at radius 3 is 2.55 bits per heavy atom. The Labute approximate surface area is 118 Å². The highest BCUT2D eigenvalue weighted by atomic mass is 19.1. The molecule has 0 fully saturated rings. The van der Waals surface area contributed by atoms with Gasteiger partial charge in [-0.15, -0.1) is 0 Å². The first-order valence-corrected chi connectivity index (χ1v) is 6.71. The monoisotopic (exact) mass is 274 g/mol. The van der Waals surface area contributed by atoms with Crippen molar-refractivity contribution in [2.45, 2.75) is 26.7 Å². The first-order chi connectivity index (χ1) is 9.62. The third-order valence-corrected chi connectivity index (χ3v) is 2.95. The number of aromatic nitrogens is 2. The van der Waals surface area contributed by atoms with E-state index in [2.05, 4.69) is 27.5 Å². The van der Waals surface area contributed by atoms with Crippen LogP contribution in [0.3, 0.4) is 0 Å². The maximum absolute atomic E-state index is 13.5. The van der Waals surface area contributed by atoms with Crippen molar-refractivity contribution in [2.75, 3.05) is 17.7 Å². The normalized spacial score (nSPS) is 10.4. The summed E-state index contributed by atoms with van der Waals surface area (Å²) < 4.78 is 13.5. The van der Waals surface area contributed by atoms with Crippen molar-refractivity contribution in [2.24, 2.45) is 0 Å². The molecule has 2 N–H and O–H groups in total. The maximum atomic E-state index is 13.5. The van der Waals surface area contributed by atoms with Crippen LogP contribution in [0.15, 0.2) is 24.3 Å². The van der Waals surface area contributed by atoms with E-state index in [4.69, 9.17) is 0 Å². The second-order valence-electron chi connectivity index (χ2n) is 4.64. The minimum absolute atomic E-state index is 0.230. The summed E-state index contributed by atoms with van der Waals surface area (Å²) in [7, 11) is 1.81. The van der Waals surface area contributed by atoms with Crippen LogP contribution in [-0.4, -0.2) is 17.0 Å². The number of rotatable bonds is 5. The molecule has 0 amide bonds. The molecule has 106 valence electrons. The lowest BCUT2D eigenvalue weighted by molar-refractivity contribution is 0.619. The van der Waals surface area contributed by atoms with E-state index in [1.54, 1.807) is 19.1 Å². The lowest BCUT2D eigenvalue weighted by Gasteiger charge is -2.10. The Hall–Kier alpha value is -2.17. The van der Waals surface area contributed by atoms with Crippen molar-refractivity contribution < 1.29 is 4.39 Å². The van der Waals surface area contributed by atoms with Gasteiger partial charge >= 0.3 is 0 Å². The molecule has 5 heteroatoms. The Balaban J connectivity index is 2.27. The van der Waals surface area contributed by atoms with Crippen molar-refractivity contribution in [1.29, 1.82) is 0 Å². The van der Waals surface area contributed by atoms with E-state index in [0.717, 1.165) is 24.5 Å². The zero-order valence-electron chi connectivity index (χ0n) is 12.0. The van der Waals surface area contributed by atoms with Crippen molar-refractivity contribution >= 4 is 17.3 Å². The topological polar surface area (TPSA) is 49.8 Å². The van der Waals surface area contributed by atoms with Gasteiger partial charge < -0.3 is 10.6 Å². The van der Waals surface area contributed by atoms with Gasteiger partial charge in [-0.3, -0.25) is 0 Å². The number of halogens is 1. The molecule has 0 unspecified atom stereocenters. The molecule has 2 aromatic rings. The summed E-state index contributed by atoms with van der Waals surface area (Å²) in [6.45, 7) is 3.82. The summed E-state index contributed by atoms with van der Waals surface area (Å²) in [5, 5.41) is 6.12. The molecule has 0 aliphatic carbocycles. The minimum Gasteiger partial charge on any atom is -0.373 e. The van der Waals surface area contributed by atoms with Crippen LogP contribution < -0.4 is 10.6 Å². The summed E-state index contributed by atoms with van der Waals surface area (Å²) in [6.07, 6.45) is 1.79. The van der Waals surface area contributed by atoms with Gasteiger partial charge in [0.15, 0.2) is 0 Å². The van der Waals surface area contributed by atoms with Gasteiger partial charge in [0.05, 0.1) is 0 Å². The highest BCUT2D eigenvalue weighted by Crippen LogP contribution is 2.20. The van der Waals surface area contributed by atoms with Crippen LogP contribution in [0, 0.1) is 12.7 Å². The molecule has 1 aromatic heterocycles. The molecule has 0 spiro atoms. The molecule has 0 aliphatic heterocycles. The quantitative estimate of drug-likeness (QED) is 0.873. The van der Waals surface area contributed by atoms with Crippen LogP contribution in [0.1, 0.15) is 24.7 Å². The fourth-order valence-corrected chi connectivity index (χ4v) is 1.84. The summed E-state index contributed by atoms with van der Waals surface area (Å²) in [6, 6.07) is 6.84. The zero-order valence-corrected chi connectivity index (χ0v) is 12.0. The molecule has 0 saturated heterocycles. The van der Waals surface area contributed by atoms with Gasteiger partial charge in [-0.1, -0.05) is 13.0 Å². The maximum Gasteiger partial charge on any atom is 0.136 e. The molecule has 1 heterocycles. The van der Waals surface area contributed by atoms with Crippen LogP contribution in [0.25, 0.3) is 0 Å². The largest absolute Gasteiger partial charge is 0.373 e. The Morgan fingerprint density at radius 2 is 1.90 bits per heavy atom. The zero-order chi connectivity index (χ0) is 14.5. The molecule has 20 heavy (non-hydrogen) atoms. The average Bonchev–Trinajstić information content (AvgIpc) is 2.43. The molecule has 0 saturated carbocycles. The van der Waals surface area contributed by atoms with Gasteiger partial charge in [-0.2, -0.15) is 0 Å². The van der Waals surface area contributed by atoms with Crippen molar-refractivity contribution in [1.82, 2.24) is 9.97 Å². The lowest BCUT2D eigenvalue weighted by Crippen LogP contribution is -2.04. The lowest BCUT2D eigenvalue weighted by atomic mass is 10.2. The second-order valence-corrected chi connectivity index (χ2v) is 4.64. The predicted molar refractivity (Wildman–Crippen MR) is 80.0 cm³/mol. The Kier molecular flexibility index (Phi) is 4.50. The standard InChI is InChI=1S/C15H19FN4/c1-4-5-13-19-14(17-3)9-15(20-13)18-11-7-6-10(2)12(16)8-11/h6-9H,4-5H2,1-3H3,(H2,17,18,19,20). The van der Waals surface area contributed by atoms with Crippen LogP contribution >= 0.6 is 0 Å². The molecule has 0 aliphatic rings. The summed E-state index contributed by atoms with van der Waals surface area (Å²) >= 11 is 0. The average molecular weight is 274 g/mol. The van der Waals surface area contributed by atoms with Gasteiger partial charge in [0.1, 0.15) is 23.3 Å². The smallest absolute Gasteiger partial charge is 0.136 e. The number of aryl methyl sites for hydroxylation is 2. The predicted octanol–water partition coefficient (Wildman–Crippen LogP) is 3.66. The molecule has 2 rings (SSSR count). The third-order valence-electron chi connectivity index (χ3n) is 2.95. The molecule has 0 bridgehead atoms. The summed E-state index contributed by atoms with van der Waals surface area (Å²) in [4.78, 5) is 8.81. The highest BCUT2D eigenvalue weighted by Gasteiger charge is 2.05. The molecular formula is C15H19FN4. The van der Waals surface area contributed by atoms with E-state index in [1.807, 2.05) is 13.1 Å². The molecule has 4 nitrogen and oxygen atoms in total. The second kappa shape index (κ2) is 6.32. The van der Waals surface area contributed by atoms with E-state index < -0.39 is 0 Å². The van der Waals surface area contributed by atoms with E-state index >= 15 is 0 Å². The number of hydrogen-bond acceptors (Lipinski definition) is 4. The van der Waals surface area contributed by atoms with Crippen molar-refractivity contribution in [3.8, 4) is 0 Å². The Morgan fingerprint density at radius 1 is 1.15 bits per heavy atom. The molecular weight excluding hydrogens is 255 g/mol. The number of hydrogen-bond donors (Lipinski definition) is 2. The van der Waals surface area contributed by atoms with Crippen LogP contribution in [0.4, 0.5) is 21.7 Å². The van der Waals surface area contributed by atoms with Crippen molar-refractivity contribution in [3.63, 3.8) is 0 Å². The van der Waals surface area contributed by atoms with E-state index in [0.29, 0.717) is 17.1 Å². The first-order valence-electron chi connectivity index (χ1n) is 6.71. The van der Waals surface area contributed by atoms with E-state index in [1.165, 1.54) is 6.07 Å². The van der Waals surface area contributed by atoms with Gasteiger partial charge in [-0.05, 0) is 31.0 Å². The molecule has 0 atom stereocenters.